The number of benzene rings is 3. The van der Waals surface area contributed by atoms with E-state index >= 15 is 0 Å². The molecule has 0 unspecified atom stereocenters. The Balaban J connectivity index is 1.73. The lowest BCUT2D eigenvalue weighted by Gasteiger charge is -2.17. The van der Waals surface area contributed by atoms with Crippen molar-refractivity contribution in [2.45, 2.75) is 0 Å². The van der Waals surface area contributed by atoms with Crippen molar-refractivity contribution in [2.24, 2.45) is 0 Å². The van der Waals surface area contributed by atoms with Gasteiger partial charge in [0, 0.05) is 11.1 Å². The summed E-state index contributed by atoms with van der Waals surface area (Å²) in [6.45, 7) is 0. The molecule has 3 aromatic rings. The van der Waals surface area contributed by atoms with Crippen LogP contribution in [0.2, 0.25) is 0 Å². The normalized spacial score (nSPS) is 14.5. The Morgan fingerprint density at radius 1 is 0.846 bits per heavy atom. The van der Waals surface area contributed by atoms with Crippen LogP contribution in [0.5, 0.6) is 0 Å². The van der Waals surface area contributed by atoms with Gasteiger partial charge in [0.05, 0.1) is 5.69 Å². The molecule has 3 aromatic carbocycles. The first-order chi connectivity index (χ1) is 12.6. The van der Waals surface area contributed by atoms with Gasteiger partial charge >= 0.3 is 0 Å². The van der Waals surface area contributed by atoms with Crippen molar-refractivity contribution in [3.63, 3.8) is 0 Å². The molecule has 6 heteroatoms. The SMILES string of the molecule is O=C1C(Cl)=C(Nc2ccc(F)cc2)C(=O)N1c1cccc2ccccc12. The molecular formula is C20H12ClFN2O2. The zero-order valence-corrected chi connectivity index (χ0v) is 14.1. The van der Waals surface area contributed by atoms with E-state index in [1.165, 1.54) is 24.3 Å². The molecule has 1 heterocycles. The molecule has 0 spiro atoms. The highest BCUT2D eigenvalue weighted by Crippen LogP contribution is 2.34. The maximum absolute atomic E-state index is 13.1. The molecule has 0 saturated carbocycles. The summed E-state index contributed by atoms with van der Waals surface area (Å²) in [5.41, 5.74) is 0.892. The van der Waals surface area contributed by atoms with E-state index in [1.54, 1.807) is 12.1 Å². The summed E-state index contributed by atoms with van der Waals surface area (Å²) >= 11 is 6.13. The van der Waals surface area contributed by atoms with Gasteiger partial charge in [-0.1, -0.05) is 48.0 Å². The molecule has 0 aromatic heterocycles. The van der Waals surface area contributed by atoms with Crippen molar-refractivity contribution in [3.8, 4) is 0 Å². The minimum Gasteiger partial charge on any atom is -0.350 e. The number of nitrogens with one attached hydrogen (secondary N) is 1. The van der Waals surface area contributed by atoms with E-state index in [9.17, 15) is 14.0 Å². The lowest BCUT2D eigenvalue weighted by Crippen LogP contribution is -2.32. The maximum Gasteiger partial charge on any atom is 0.283 e. The summed E-state index contributed by atoms with van der Waals surface area (Å²) in [5.74, 6) is -1.56. The van der Waals surface area contributed by atoms with E-state index < -0.39 is 17.6 Å². The summed E-state index contributed by atoms with van der Waals surface area (Å²) in [6, 6.07) is 18.3. The lowest BCUT2D eigenvalue weighted by molar-refractivity contribution is -0.120. The molecular weight excluding hydrogens is 355 g/mol. The number of hydrogen-bond donors (Lipinski definition) is 1. The van der Waals surface area contributed by atoms with Crippen LogP contribution in [-0.2, 0) is 9.59 Å². The maximum atomic E-state index is 13.1. The molecule has 128 valence electrons. The Morgan fingerprint density at radius 2 is 1.54 bits per heavy atom. The molecule has 0 atom stereocenters. The van der Waals surface area contributed by atoms with Gasteiger partial charge in [-0.05, 0) is 35.7 Å². The fourth-order valence-electron chi connectivity index (χ4n) is 2.91. The Morgan fingerprint density at radius 3 is 2.31 bits per heavy atom. The third kappa shape index (κ3) is 2.62. The summed E-state index contributed by atoms with van der Waals surface area (Å²) in [7, 11) is 0. The minimum absolute atomic E-state index is 0.0313. The monoisotopic (exact) mass is 366 g/mol. The van der Waals surface area contributed by atoms with Crippen LogP contribution in [0.15, 0.2) is 77.5 Å². The third-order valence-electron chi connectivity index (χ3n) is 4.15. The zero-order valence-electron chi connectivity index (χ0n) is 13.4. The van der Waals surface area contributed by atoms with Crippen LogP contribution < -0.4 is 10.2 Å². The Bertz CT molecular complexity index is 1070. The van der Waals surface area contributed by atoms with Crippen molar-refractivity contribution < 1.29 is 14.0 Å². The molecule has 0 aliphatic carbocycles. The zero-order chi connectivity index (χ0) is 18.3. The standard InChI is InChI=1S/C20H12ClFN2O2/c21-17-18(23-14-10-8-13(22)9-11-14)20(26)24(19(17)25)16-7-3-5-12-4-1-2-6-15(12)16/h1-11,23H. The van der Waals surface area contributed by atoms with Gasteiger partial charge in [0.2, 0.25) is 0 Å². The first-order valence-corrected chi connectivity index (χ1v) is 8.23. The number of carbonyl (C=O) groups is 2. The van der Waals surface area contributed by atoms with Gasteiger partial charge < -0.3 is 5.32 Å². The minimum atomic E-state index is -0.599. The molecule has 0 saturated heterocycles. The van der Waals surface area contributed by atoms with E-state index in [0.29, 0.717) is 11.4 Å². The summed E-state index contributed by atoms with van der Waals surface area (Å²) in [6.07, 6.45) is 0. The fraction of sp³-hybridized carbons (Fsp3) is 0. The van der Waals surface area contributed by atoms with Crippen LogP contribution in [0.3, 0.4) is 0 Å². The molecule has 0 bridgehead atoms. The number of halogens is 2. The highest BCUT2D eigenvalue weighted by atomic mass is 35.5. The number of hydrogen-bond acceptors (Lipinski definition) is 3. The average molecular weight is 367 g/mol. The molecule has 4 nitrogen and oxygen atoms in total. The van der Waals surface area contributed by atoms with Gasteiger partial charge in [-0.15, -0.1) is 0 Å². The second-order valence-electron chi connectivity index (χ2n) is 5.76. The Kier molecular flexibility index (Phi) is 3.93. The molecule has 26 heavy (non-hydrogen) atoms. The Hall–Kier alpha value is -3.18. The third-order valence-corrected chi connectivity index (χ3v) is 4.50. The van der Waals surface area contributed by atoms with Gasteiger partial charge in [-0.3, -0.25) is 9.59 Å². The predicted molar refractivity (Wildman–Crippen MR) is 99.3 cm³/mol. The first-order valence-electron chi connectivity index (χ1n) is 7.85. The molecule has 0 fully saturated rings. The number of amides is 2. The van der Waals surface area contributed by atoms with Crippen LogP contribution in [0.25, 0.3) is 10.8 Å². The van der Waals surface area contributed by atoms with E-state index in [2.05, 4.69) is 5.32 Å². The summed E-state index contributed by atoms with van der Waals surface area (Å²) in [5, 5.41) is 4.29. The van der Waals surface area contributed by atoms with Crippen molar-refractivity contribution in [3.05, 3.63) is 83.3 Å². The first kappa shape index (κ1) is 16.3. The van der Waals surface area contributed by atoms with Crippen molar-refractivity contribution >= 4 is 45.6 Å². The lowest BCUT2D eigenvalue weighted by atomic mass is 10.1. The van der Waals surface area contributed by atoms with Crippen LogP contribution in [0.1, 0.15) is 0 Å². The molecule has 1 aliphatic heterocycles. The average Bonchev–Trinajstić information content (AvgIpc) is 2.86. The molecule has 1 aliphatic rings. The molecule has 0 radical (unpaired) electrons. The number of carbonyl (C=O) groups excluding carboxylic acids is 2. The van der Waals surface area contributed by atoms with E-state index in [4.69, 9.17) is 11.6 Å². The molecule has 1 N–H and O–H groups in total. The van der Waals surface area contributed by atoms with Crippen molar-refractivity contribution in [1.29, 1.82) is 0 Å². The van der Waals surface area contributed by atoms with Crippen LogP contribution >= 0.6 is 11.6 Å². The molecule has 4 rings (SSSR count). The topological polar surface area (TPSA) is 49.4 Å². The number of fused-ring (bicyclic) bond motifs is 1. The van der Waals surface area contributed by atoms with Crippen LogP contribution in [0, 0.1) is 5.82 Å². The largest absolute Gasteiger partial charge is 0.350 e. The van der Waals surface area contributed by atoms with Gasteiger partial charge in [-0.25, -0.2) is 9.29 Å². The van der Waals surface area contributed by atoms with Gasteiger partial charge in [-0.2, -0.15) is 0 Å². The smallest absolute Gasteiger partial charge is 0.283 e. The van der Waals surface area contributed by atoms with E-state index in [1.807, 2.05) is 30.3 Å². The fourth-order valence-corrected chi connectivity index (χ4v) is 3.12. The number of rotatable bonds is 3. The highest BCUT2D eigenvalue weighted by molar-refractivity contribution is 6.53. The van der Waals surface area contributed by atoms with Crippen LogP contribution in [-0.4, -0.2) is 11.8 Å². The number of imide groups is 1. The summed E-state index contributed by atoms with van der Waals surface area (Å²) < 4.78 is 13.1. The van der Waals surface area contributed by atoms with Gasteiger partial charge in [0.1, 0.15) is 16.5 Å². The predicted octanol–water partition coefficient (Wildman–Crippen LogP) is 4.41. The van der Waals surface area contributed by atoms with Gasteiger partial charge in [0.15, 0.2) is 0 Å². The van der Waals surface area contributed by atoms with Crippen molar-refractivity contribution in [2.75, 3.05) is 10.2 Å². The number of nitrogens with zero attached hydrogens (tertiary/aromatic N) is 1. The van der Waals surface area contributed by atoms with Gasteiger partial charge in [0.25, 0.3) is 11.8 Å². The van der Waals surface area contributed by atoms with Crippen molar-refractivity contribution in [1.82, 2.24) is 0 Å². The van der Waals surface area contributed by atoms with E-state index in [0.717, 1.165) is 15.7 Å². The highest BCUT2D eigenvalue weighted by Gasteiger charge is 2.39. The number of anilines is 2. The van der Waals surface area contributed by atoms with E-state index in [-0.39, 0.29) is 10.7 Å². The summed E-state index contributed by atoms with van der Waals surface area (Å²) in [4.78, 5) is 26.5. The second-order valence-corrected chi connectivity index (χ2v) is 6.14. The molecule has 2 amide bonds. The second kappa shape index (κ2) is 6.28. The quantitative estimate of drug-likeness (QED) is 0.698. The van der Waals surface area contributed by atoms with Crippen LogP contribution in [0.4, 0.5) is 15.8 Å². The Labute approximate surface area is 153 Å².